The zero-order chi connectivity index (χ0) is 17.4. The van der Waals surface area contributed by atoms with E-state index in [-0.39, 0.29) is 18.8 Å². The van der Waals surface area contributed by atoms with E-state index in [4.69, 9.17) is 0 Å². The van der Waals surface area contributed by atoms with Gasteiger partial charge in [0, 0.05) is 13.1 Å². The number of aliphatic hydroxyl groups is 1. The van der Waals surface area contributed by atoms with Gasteiger partial charge in [0.25, 0.3) is 0 Å². The number of amides is 2. The summed E-state index contributed by atoms with van der Waals surface area (Å²) in [5, 5.41) is 12.6. The molecule has 0 bridgehead atoms. The Labute approximate surface area is 138 Å². The highest BCUT2D eigenvalue weighted by Gasteiger charge is 2.64. The Kier molecular flexibility index (Phi) is 4.46. The standard InChI is InChI=1S/C17H21F3N2O2/c18-17(19,20)16(8-9-16)21-15(24)22-10-6-13(7-11-22)14(23)12-4-2-1-3-5-12/h1-5,13-14,23H,6-11H2,(H,21,24). The SMILES string of the molecule is O=C(NC1(C(F)(F)F)CC1)N1CCC(C(O)c2ccccc2)CC1. The maximum atomic E-state index is 12.9. The van der Waals surface area contributed by atoms with Crippen LogP contribution in [0.1, 0.15) is 37.4 Å². The van der Waals surface area contributed by atoms with Crippen LogP contribution >= 0.6 is 0 Å². The zero-order valence-corrected chi connectivity index (χ0v) is 13.2. The van der Waals surface area contributed by atoms with E-state index in [1.807, 2.05) is 30.3 Å². The summed E-state index contributed by atoms with van der Waals surface area (Å²) in [5.41, 5.74) is -1.20. The normalized spacial score (nSPS) is 22.1. The van der Waals surface area contributed by atoms with Crippen molar-refractivity contribution < 1.29 is 23.1 Å². The molecule has 1 heterocycles. The molecule has 4 nitrogen and oxygen atoms in total. The molecule has 0 spiro atoms. The van der Waals surface area contributed by atoms with Gasteiger partial charge in [0.15, 0.2) is 0 Å². The highest BCUT2D eigenvalue weighted by molar-refractivity contribution is 5.76. The Bertz CT molecular complexity index is 579. The number of nitrogens with one attached hydrogen (secondary N) is 1. The minimum atomic E-state index is -4.40. The maximum Gasteiger partial charge on any atom is 0.411 e. The number of urea groups is 1. The summed E-state index contributed by atoms with van der Waals surface area (Å²) in [7, 11) is 0. The minimum Gasteiger partial charge on any atom is -0.388 e. The number of likely N-dealkylation sites (tertiary alicyclic amines) is 1. The second kappa shape index (κ2) is 6.27. The van der Waals surface area contributed by atoms with E-state index in [0.29, 0.717) is 25.9 Å². The lowest BCUT2D eigenvalue weighted by Gasteiger charge is -2.35. The molecular weight excluding hydrogens is 321 g/mol. The molecule has 1 aromatic carbocycles. The number of benzene rings is 1. The molecule has 2 aliphatic rings. The lowest BCUT2D eigenvalue weighted by Crippen LogP contribution is -2.54. The van der Waals surface area contributed by atoms with Crippen LogP contribution < -0.4 is 5.32 Å². The van der Waals surface area contributed by atoms with Gasteiger partial charge in [-0.3, -0.25) is 0 Å². The quantitative estimate of drug-likeness (QED) is 0.886. The monoisotopic (exact) mass is 342 g/mol. The molecule has 0 radical (unpaired) electrons. The predicted molar refractivity (Wildman–Crippen MR) is 82.3 cm³/mol. The molecule has 0 aromatic heterocycles. The van der Waals surface area contributed by atoms with Gasteiger partial charge in [0.05, 0.1) is 6.10 Å². The van der Waals surface area contributed by atoms with Gasteiger partial charge in [-0.1, -0.05) is 30.3 Å². The molecular formula is C17H21F3N2O2. The van der Waals surface area contributed by atoms with Crippen molar-refractivity contribution in [3.63, 3.8) is 0 Å². The van der Waals surface area contributed by atoms with Gasteiger partial charge in [-0.2, -0.15) is 13.2 Å². The first kappa shape index (κ1) is 17.1. The van der Waals surface area contributed by atoms with Crippen LogP contribution in [0.2, 0.25) is 0 Å². The number of hydrogen-bond donors (Lipinski definition) is 2. The van der Waals surface area contributed by atoms with Crippen molar-refractivity contribution in [1.82, 2.24) is 10.2 Å². The first-order valence-electron chi connectivity index (χ1n) is 8.19. The van der Waals surface area contributed by atoms with Crippen LogP contribution in [-0.2, 0) is 0 Å². The minimum absolute atomic E-state index is 0.00829. The number of nitrogens with zero attached hydrogens (tertiary/aromatic N) is 1. The zero-order valence-electron chi connectivity index (χ0n) is 13.2. The van der Waals surface area contributed by atoms with E-state index >= 15 is 0 Å². The molecule has 2 N–H and O–H groups in total. The number of halogens is 3. The van der Waals surface area contributed by atoms with Gasteiger partial charge in [-0.15, -0.1) is 0 Å². The molecule has 3 rings (SSSR count). The molecule has 1 aliphatic heterocycles. The summed E-state index contributed by atoms with van der Waals surface area (Å²) in [4.78, 5) is 13.5. The van der Waals surface area contributed by atoms with Crippen LogP contribution in [0.25, 0.3) is 0 Å². The summed E-state index contributed by atoms with van der Waals surface area (Å²) in [5.74, 6) is 0.00829. The van der Waals surface area contributed by atoms with Crippen LogP contribution in [0.15, 0.2) is 30.3 Å². The largest absolute Gasteiger partial charge is 0.411 e. The number of hydrogen-bond acceptors (Lipinski definition) is 2. The molecule has 1 aliphatic carbocycles. The smallest absolute Gasteiger partial charge is 0.388 e. The topological polar surface area (TPSA) is 52.6 Å². The van der Waals surface area contributed by atoms with Gasteiger partial charge in [-0.05, 0) is 37.2 Å². The molecule has 1 saturated carbocycles. The summed E-state index contributed by atoms with van der Waals surface area (Å²) in [6, 6.07) is 8.63. The van der Waals surface area contributed by atoms with E-state index in [1.54, 1.807) is 0 Å². The fourth-order valence-electron chi connectivity index (χ4n) is 3.23. The third-order valence-electron chi connectivity index (χ3n) is 5.05. The van der Waals surface area contributed by atoms with E-state index in [9.17, 15) is 23.1 Å². The second-order valence-electron chi connectivity index (χ2n) is 6.69. The Balaban J connectivity index is 1.53. The van der Waals surface area contributed by atoms with Gasteiger partial charge >= 0.3 is 12.2 Å². The van der Waals surface area contributed by atoms with Crippen molar-refractivity contribution >= 4 is 6.03 Å². The van der Waals surface area contributed by atoms with Crippen LogP contribution in [-0.4, -0.2) is 40.8 Å². The van der Waals surface area contributed by atoms with Crippen LogP contribution in [0.4, 0.5) is 18.0 Å². The van der Waals surface area contributed by atoms with E-state index in [1.165, 1.54) is 4.90 Å². The highest BCUT2D eigenvalue weighted by Crippen LogP contribution is 2.49. The van der Waals surface area contributed by atoms with E-state index in [0.717, 1.165) is 5.56 Å². The predicted octanol–water partition coefficient (Wildman–Crippen LogP) is 3.24. The molecule has 132 valence electrons. The van der Waals surface area contributed by atoms with Gasteiger partial charge in [-0.25, -0.2) is 4.79 Å². The molecule has 1 aromatic rings. The lowest BCUT2D eigenvalue weighted by molar-refractivity contribution is -0.163. The number of rotatable bonds is 3. The van der Waals surface area contributed by atoms with Crippen LogP contribution in [0, 0.1) is 5.92 Å². The maximum absolute atomic E-state index is 12.9. The third kappa shape index (κ3) is 3.36. The summed E-state index contributed by atoms with van der Waals surface area (Å²) >= 11 is 0. The van der Waals surface area contributed by atoms with Crippen LogP contribution in [0.5, 0.6) is 0 Å². The van der Waals surface area contributed by atoms with E-state index in [2.05, 4.69) is 5.32 Å². The first-order chi connectivity index (χ1) is 11.3. The average Bonchev–Trinajstić information content (AvgIpc) is 3.36. The number of carbonyl (C=O) groups is 1. The van der Waals surface area contributed by atoms with Gasteiger partial charge < -0.3 is 15.3 Å². The Morgan fingerprint density at radius 1 is 1.21 bits per heavy atom. The number of piperidine rings is 1. The molecule has 1 saturated heterocycles. The Hall–Kier alpha value is -1.76. The number of carbonyl (C=O) groups excluding carboxylic acids is 1. The molecule has 1 unspecified atom stereocenters. The Morgan fingerprint density at radius 2 is 1.79 bits per heavy atom. The van der Waals surface area contributed by atoms with Crippen LogP contribution in [0.3, 0.4) is 0 Å². The van der Waals surface area contributed by atoms with Crippen molar-refractivity contribution in [2.24, 2.45) is 5.92 Å². The van der Waals surface area contributed by atoms with Gasteiger partial charge in [0.1, 0.15) is 5.54 Å². The van der Waals surface area contributed by atoms with Crippen molar-refractivity contribution in [3.8, 4) is 0 Å². The fourth-order valence-corrected chi connectivity index (χ4v) is 3.23. The third-order valence-corrected chi connectivity index (χ3v) is 5.05. The fraction of sp³-hybridized carbons (Fsp3) is 0.588. The average molecular weight is 342 g/mol. The molecule has 2 fully saturated rings. The molecule has 7 heteroatoms. The summed E-state index contributed by atoms with van der Waals surface area (Å²) in [6.07, 6.45) is -3.96. The molecule has 24 heavy (non-hydrogen) atoms. The Morgan fingerprint density at radius 3 is 2.29 bits per heavy atom. The van der Waals surface area contributed by atoms with Crippen molar-refractivity contribution in [3.05, 3.63) is 35.9 Å². The first-order valence-corrected chi connectivity index (χ1v) is 8.19. The molecule has 2 amide bonds. The number of aliphatic hydroxyl groups excluding tert-OH is 1. The van der Waals surface area contributed by atoms with Crippen molar-refractivity contribution in [2.45, 2.75) is 43.5 Å². The van der Waals surface area contributed by atoms with Crippen molar-refractivity contribution in [1.29, 1.82) is 0 Å². The summed E-state index contributed by atoms with van der Waals surface area (Å²) < 4.78 is 38.7. The second-order valence-corrected chi connectivity index (χ2v) is 6.69. The highest BCUT2D eigenvalue weighted by atomic mass is 19.4. The van der Waals surface area contributed by atoms with Gasteiger partial charge in [0.2, 0.25) is 0 Å². The van der Waals surface area contributed by atoms with Crippen molar-refractivity contribution in [2.75, 3.05) is 13.1 Å². The number of alkyl halides is 3. The van der Waals surface area contributed by atoms with E-state index < -0.39 is 23.9 Å². The molecule has 1 atom stereocenters. The summed E-state index contributed by atoms with van der Waals surface area (Å²) in [6.45, 7) is 0.711. The lowest BCUT2D eigenvalue weighted by atomic mass is 9.87.